The molecule has 1 aromatic carbocycles. The Morgan fingerprint density at radius 1 is 1.53 bits per heavy atom. The maximum atomic E-state index is 11.5. The number of hydrogen-bond acceptors (Lipinski definition) is 2. The van der Waals surface area contributed by atoms with Gasteiger partial charge in [0.05, 0.1) is 6.61 Å². The minimum Gasteiger partial charge on any atom is -0.394 e. The Balaban J connectivity index is 2.71. The maximum Gasteiger partial charge on any atom is 0.251 e. The maximum absolute atomic E-state index is 11.5. The van der Waals surface area contributed by atoms with Gasteiger partial charge in [0.25, 0.3) is 5.91 Å². The second kappa shape index (κ2) is 5.18. The standard InChI is InChI=1S/C12H13NO2/c1-3-10-4-6-11(7-5-10)12(15)13-9(2)8-14/h1,4-7,9,14H,8H2,2H3,(H,13,15)/t9-/m1/s1. The van der Waals surface area contributed by atoms with Crippen LogP contribution in [0.5, 0.6) is 0 Å². The van der Waals surface area contributed by atoms with Gasteiger partial charge in [0, 0.05) is 17.2 Å². The molecule has 0 bridgehead atoms. The fourth-order valence-electron chi connectivity index (χ4n) is 1.07. The Hall–Kier alpha value is -1.79. The Morgan fingerprint density at radius 3 is 2.60 bits per heavy atom. The van der Waals surface area contributed by atoms with Gasteiger partial charge in [-0.05, 0) is 31.2 Å². The van der Waals surface area contributed by atoms with Crippen LogP contribution in [0.2, 0.25) is 0 Å². The highest BCUT2D eigenvalue weighted by atomic mass is 16.3. The van der Waals surface area contributed by atoms with E-state index in [2.05, 4.69) is 11.2 Å². The molecule has 1 rings (SSSR count). The lowest BCUT2D eigenvalue weighted by atomic mass is 10.1. The van der Waals surface area contributed by atoms with Crippen LogP contribution in [0.15, 0.2) is 24.3 Å². The molecule has 0 aliphatic carbocycles. The third-order valence-corrected chi connectivity index (χ3v) is 1.97. The van der Waals surface area contributed by atoms with Crippen LogP contribution in [0.4, 0.5) is 0 Å². The van der Waals surface area contributed by atoms with Crippen molar-refractivity contribution in [1.82, 2.24) is 5.32 Å². The zero-order valence-corrected chi connectivity index (χ0v) is 8.53. The fourth-order valence-corrected chi connectivity index (χ4v) is 1.07. The number of aliphatic hydroxyl groups is 1. The number of terminal acetylenes is 1. The molecule has 0 fully saturated rings. The smallest absolute Gasteiger partial charge is 0.251 e. The van der Waals surface area contributed by atoms with E-state index >= 15 is 0 Å². The molecule has 0 saturated heterocycles. The van der Waals surface area contributed by atoms with E-state index in [0.29, 0.717) is 5.56 Å². The first kappa shape index (κ1) is 11.3. The second-order valence-electron chi connectivity index (χ2n) is 3.28. The molecular formula is C12H13NO2. The summed E-state index contributed by atoms with van der Waals surface area (Å²) in [6.45, 7) is 1.65. The number of hydrogen-bond donors (Lipinski definition) is 2. The van der Waals surface area contributed by atoms with Gasteiger partial charge in [-0.2, -0.15) is 0 Å². The average molecular weight is 203 g/mol. The van der Waals surface area contributed by atoms with Gasteiger partial charge in [0.1, 0.15) is 0 Å². The molecular weight excluding hydrogens is 190 g/mol. The topological polar surface area (TPSA) is 49.3 Å². The van der Waals surface area contributed by atoms with Crippen molar-refractivity contribution in [3.63, 3.8) is 0 Å². The molecule has 78 valence electrons. The van der Waals surface area contributed by atoms with Gasteiger partial charge in [-0.25, -0.2) is 0 Å². The van der Waals surface area contributed by atoms with E-state index in [0.717, 1.165) is 5.56 Å². The van der Waals surface area contributed by atoms with E-state index in [1.807, 2.05) is 0 Å². The summed E-state index contributed by atoms with van der Waals surface area (Å²) in [5, 5.41) is 11.4. The summed E-state index contributed by atoms with van der Waals surface area (Å²) < 4.78 is 0. The first-order chi connectivity index (χ1) is 7.17. The number of amides is 1. The second-order valence-corrected chi connectivity index (χ2v) is 3.28. The van der Waals surface area contributed by atoms with E-state index in [1.54, 1.807) is 31.2 Å². The van der Waals surface area contributed by atoms with Gasteiger partial charge in [0.2, 0.25) is 0 Å². The summed E-state index contributed by atoms with van der Waals surface area (Å²) in [4.78, 5) is 11.5. The average Bonchev–Trinajstić information content (AvgIpc) is 2.29. The third kappa shape index (κ3) is 3.12. The van der Waals surface area contributed by atoms with E-state index in [4.69, 9.17) is 11.5 Å². The number of rotatable bonds is 3. The van der Waals surface area contributed by atoms with Crippen molar-refractivity contribution in [2.24, 2.45) is 0 Å². The zero-order chi connectivity index (χ0) is 11.3. The molecule has 0 aliphatic rings. The summed E-state index contributed by atoms with van der Waals surface area (Å²) in [7, 11) is 0. The van der Waals surface area contributed by atoms with Crippen molar-refractivity contribution in [2.75, 3.05) is 6.61 Å². The highest BCUT2D eigenvalue weighted by Crippen LogP contribution is 2.03. The molecule has 0 aliphatic heterocycles. The Kier molecular flexibility index (Phi) is 3.90. The highest BCUT2D eigenvalue weighted by molar-refractivity contribution is 5.94. The zero-order valence-electron chi connectivity index (χ0n) is 8.53. The van der Waals surface area contributed by atoms with E-state index in [9.17, 15) is 4.79 Å². The minimum absolute atomic E-state index is 0.0752. The normalized spacial score (nSPS) is 11.5. The van der Waals surface area contributed by atoms with Crippen molar-refractivity contribution in [3.05, 3.63) is 35.4 Å². The summed E-state index contributed by atoms with van der Waals surface area (Å²) in [6.07, 6.45) is 5.19. The van der Waals surface area contributed by atoms with Crippen LogP contribution in [-0.4, -0.2) is 23.7 Å². The first-order valence-electron chi connectivity index (χ1n) is 4.65. The van der Waals surface area contributed by atoms with Gasteiger partial charge in [-0.1, -0.05) is 5.92 Å². The summed E-state index contributed by atoms with van der Waals surface area (Å²) in [6, 6.07) is 6.49. The highest BCUT2D eigenvalue weighted by Gasteiger charge is 2.07. The van der Waals surface area contributed by atoms with Crippen molar-refractivity contribution >= 4 is 5.91 Å². The van der Waals surface area contributed by atoms with Crippen molar-refractivity contribution in [2.45, 2.75) is 13.0 Å². The molecule has 0 spiro atoms. The molecule has 3 heteroatoms. The van der Waals surface area contributed by atoms with Crippen molar-refractivity contribution < 1.29 is 9.90 Å². The lowest BCUT2D eigenvalue weighted by Crippen LogP contribution is -2.34. The van der Waals surface area contributed by atoms with Crippen LogP contribution in [0, 0.1) is 12.3 Å². The van der Waals surface area contributed by atoms with Crippen LogP contribution in [-0.2, 0) is 0 Å². The monoisotopic (exact) mass is 203 g/mol. The first-order valence-corrected chi connectivity index (χ1v) is 4.65. The number of nitrogens with one attached hydrogen (secondary N) is 1. The summed E-state index contributed by atoms with van der Waals surface area (Å²) >= 11 is 0. The van der Waals surface area contributed by atoms with Crippen molar-refractivity contribution in [1.29, 1.82) is 0 Å². The fraction of sp³-hybridized carbons (Fsp3) is 0.250. The molecule has 0 heterocycles. The lowest BCUT2D eigenvalue weighted by Gasteiger charge is -2.10. The van der Waals surface area contributed by atoms with Crippen LogP contribution in [0.25, 0.3) is 0 Å². The van der Waals surface area contributed by atoms with Gasteiger partial charge in [0.15, 0.2) is 0 Å². The SMILES string of the molecule is C#Cc1ccc(C(=O)N[C@H](C)CO)cc1. The minimum atomic E-state index is -0.246. The number of benzene rings is 1. The number of carbonyl (C=O) groups is 1. The molecule has 1 aromatic rings. The Morgan fingerprint density at radius 2 is 2.13 bits per heavy atom. The predicted molar refractivity (Wildman–Crippen MR) is 58.4 cm³/mol. The largest absolute Gasteiger partial charge is 0.394 e. The van der Waals surface area contributed by atoms with Crippen LogP contribution in [0.1, 0.15) is 22.8 Å². The van der Waals surface area contributed by atoms with Crippen molar-refractivity contribution in [3.8, 4) is 12.3 Å². The lowest BCUT2D eigenvalue weighted by molar-refractivity contribution is 0.0922. The Bertz CT molecular complexity index is 376. The molecule has 1 atom stereocenters. The molecule has 0 radical (unpaired) electrons. The van der Waals surface area contributed by atoms with Crippen LogP contribution < -0.4 is 5.32 Å². The third-order valence-electron chi connectivity index (χ3n) is 1.97. The van der Waals surface area contributed by atoms with E-state index < -0.39 is 0 Å². The molecule has 0 unspecified atom stereocenters. The summed E-state index contributed by atoms with van der Waals surface area (Å²) in [5.74, 6) is 2.27. The molecule has 2 N–H and O–H groups in total. The van der Waals surface area contributed by atoms with Crippen LogP contribution in [0.3, 0.4) is 0 Å². The Labute approximate surface area is 89.1 Å². The molecule has 15 heavy (non-hydrogen) atoms. The predicted octanol–water partition coefficient (Wildman–Crippen LogP) is 0.778. The van der Waals surface area contributed by atoms with Gasteiger partial charge < -0.3 is 10.4 Å². The molecule has 1 amide bonds. The van der Waals surface area contributed by atoms with Crippen LogP contribution >= 0.6 is 0 Å². The van der Waals surface area contributed by atoms with Gasteiger partial charge >= 0.3 is 0 Å². The molecule has 3 nitrogen and oxygen atoms in total. The number of carbonyl (C=O) groups excluding carboxylic acids is 1. The van der Waals surface area contributed by atoms with E-state index in [-0.39, 0.29) is 18.6 Å². The quantitative estimate of drug-likeness (QED) is 0.713. The van der Waals surface area contributed by atoms with Gasteiger partial charge in [-0.3, -0.25) is 4.79 Å². The van der Waals surface area contributed by atoms with Gasteiger partial charge in [-0.15, -0.1) is 6.42 Å². The molecule has 0 saturated carbocycles. The summed E-state index contributed by atoms with van der Waals surface area (Å²) in [5.41, 5.74) is 1.27. The molecule has 0 aromatic heterocycles. The number of aliphatic hydroxyl groups excluding tert-OH is 1. The van der Waals surface area contributed by atoms with E-state index in [1.165, 1.54) is 0 Å².